The van der Waals surface area contributed by atoms with Gasteiger partial charge in [0.1, 0.15) is 6.10 Å². The zero-order chi connectivity index (χ0) is 27.3. The van der Waals surface area contributed by atoms with Crippen LogP contribution in [0.5, 0.6) is 0 Å². The quantitative estimate of drug-likeness (QED) is 0.156. The van der Waals surface area contributed by atoms with Crippen molar-refractivity contribution >= 4 is 35.8 Å². The average Bonchev–Trinajstić information content (AvgIpc) is 2.68. The van der Waals surface area contributed by atoms with Crippen LogP contribution in [0, 0.1) is 17.8 Å². The van der Waals surface area contributed by atoms with Gasteiger partial charge in [0.05, 0.1) is 13.2 Å². The van der Waals surface area contributed by atoms with E-state index < -0.39 is 59.7 Å². The summed E-state index contributed by atoms with van der Waals surface area (Å²) in [5, 5.41) is 73.0. The van der Waals surface area contributed by atoms with Crippen LogP contribution in [0.4, 0.5) is 0 Å². The first-order chi connectivity index (χ1) is 15.1. The van der Waals surface area contributed by atoms with Crippen molar-refractivity contribution < 1.29 is 74.7 Å². The molecule has 0 heterocycles. The number of aliphatic carboxylic acids is 6. The lowest BCUT2D eigenvalue weighted by molar-refractivity contribution is -0.156. The van der Waals surface area contributed by atoms with Crippen molar-refractivity contribution in [3.05, 3.63) is 0 Å². The molecular formula is C18H32O15. The number of carbonyl (C=O) groups is 6. The molecule has 0 unspecified atom stereocenters. The molecule has 0 aliphatic carbocycles. The third-order valence-corrected chi connectivity index (χ3v) is 3.43. The van der Waals surface area contributed by atoms with Crippen molar-refractivity contribution in [2.75, 3.05) is 13.2 Å². The van der Waals surface area contributed by atoms with Gasteiger partial charge in [0.15, 0.2) is 17.8 Å². The number of rotatable bonds is 11. The Balaban J connectivity index is -0.000000172. The van der Waals surface area contributed by atoms with E-state index in [9.17, 15) is 28.8 Å². The van der Waals surface area contributed by atoms with E-state index in [1.807, 2.05) is 0 Å². The van der Waals surface area contributed by atoms with Crippen molar-refractivity contribution in [3.63, 3.8) is 0 Å². The van der Waals surface area contributed by atoms with E-state index in [0.29, 0.717) is 0 Å². The molecule has 0 aromatic carbocycles. The molecule has 0 saturated heterocycles. The van der Waals surface area contributed by atoms with Gasteiger partial charge in [0.25, 0.3) is 0 Å². The van der Waals surface area contributed by atoms with E-state index in [0.717, 1.165) is 0 Å². The molecule has 0 radical (unpaired) electrons. The fourth-order valence-electron chi connectivity index (χ4n) is 1.42. The fraction of sp³-hybridized carbons (Fsp3) is 0.667. The normalized spacial score (nSPS) is 9.64. The van der Waals surface area contributed by atoms with E-state index in [-0.39, 0.29) is 32.5 Å². The Morgan fingerprint density at radius 3 is 0.636 bits per heavy atom. The van der Waals surface area contributed by atoms with Crippen LogP contribution in [-0.2, 0) is 28.8 Å². The number of hydrogen-bond donors (Lipinski definition) is 9. The second-order valence-corrected chi connectivity index (χ2v) is 5.93. The van der Waals surface area contributed by atoms with Crippen LogP contribution in [0.3, 0.4) is 0 Å². The summed E-state index contributed by atoms with van der Waals surface area (Å²) in [6, 6.07) is 0. The molecule has 0 aliphatic rings. The summed E-state index contributed by atoms with van der Waals surface area (Å²) in [6.07, 6.45) is -0.565. The number of aliphatic hydroxyl groups is 3. The number of hydrogen-bond acceptors (Lipinski definition) is 9. The number of carboxylic acid groups (broad SMARTS) is 6. The van der Waals surface area contributed by atoms with Crippen LogP contribution >= 0.6 is 0 Å². The van der Waals surface area contributed by atoms with Crippen LogP contribution in [-0.4, -0.2) is 101 Å². The van der Waals surface area contributed by atoms with Gasteiger partial charge < -0.3 is 46.0 Å². The van der Waals surface area contributed by atoms with Gasteiger partial charge in [-0.05, 0) is 19.3 Å². The van der Waals surface area contributed by atoms with Crippen molar-refractivity contribution in [1.29, 1.82) is 0 Å². The monoisotopic (exact) mass is 488 g/mol. The zero-order valence-corrected chi connectivity index (χ0v) is 18.3. The Morgan fingerprint density at radius 2 is 0.636 bits per heavy atom. The lowest BCUT2D eigenvalue weighted by Crippen LogP contribution is -2.22. The van der Waals surface area contributed by atoms with Crippen LogP contribution in [0.25, 0.3) is 0 Å². The highest BCUT2D eigenvalue weighted by molar-refractivity contribution is 5.93. The van der Waals surface area contributed by atoms with Gasteiger partial charge in [-0.15, -0.1) is 0 Å². The lowest BCUT2D eigenvalue weighted by atomic mass is 10.1. The second-order valence-electron chi connectivity index (χ2n) is 5.93. The summed E-state index contributed by atoms with van der Waals surface area (Å²) in [5.41, 5.74) is 0. The summed E-state index contributed by atoms with van der Waals surface area (Å²) >= 11 is 0. The molecular weight excluding hydrogens is 456 g/mol. The minimum atomic E-state index is -1.27. The minimum absolute atomic E-state index is 0.130. The Bertz CT molecular complexity index is 494. The summed E-state index contributed by atoms with van der Waals surface area (Å²) in [7, 11) is 0. The largest absolute Gasteiger partial charge is 0.481 e. The molecule has 0 atom stereocenters. The van der Waals surface area contributed by atoms with E-state index in [2.05, 4.69) is 0 Å². The molecule has 33 heavy (non-hydrogen) atoms. The van der Waals surface area contributed by atoms with E-state index >= 15 is 0 Å². The molecule has 0 spiro atoms. The topological polar surface area (TPSA) is 284 Å². The van der Waals surface area contributed by atoms with Crippen LogP contribution in [0.2, 0.25) is 0 Å². The molecule has 0 bridgehead atoms. The molecule has 15 nitrogen and oxygen atoms in total. The zero-order valence-electron chi connectivity index (χ0n) is 18.3. The predicted octanol–water partition coefficient (Wildman–Crippen LogP) is -1.12. The molecule has 0 amide bonds. The summed E-state index contributed by atoms with van der Waals surface area (Å²) in [4.78, 5) is 59.9. The lowest BCUT2D eigenvalue weighted by Gasteiger charge is -2.00. The van der Waals surface area contributed by atoms with Gasteiger partial charge in [0, 0.05) is 0 Å². The van der Waals surface area contributed by atoms with Gasteiger partial charge in [-0.1, -0.05) is 20.8 Å². The van der Waals surface area contributed by atoms with Crippen molar-refractivity contribution in [2.45, 2.75) is 46.1 Å². The maximum absolute atomic E-state index is 9.99. The predicted molar refractivity (Wildman–Crippen MR) is 107 cm³/mol. The molecule has 0 rings (SSSR count). The molecule has 194 valence electrons. The van der Waals surface area contributed by atoms with E-state index in [1.54, 1.807) is 0 Å². The van der Waals surface area contributed by atoms with Crippen molar-refractivity contribution in [1.82, 2.24) is 0 Å². The summed E-state index contributed by atoms with van der Waals surface area (Å²) in [5.74, 6) is -11.4. The van der Waals surface area contributed by atoms with Gasteiger partial charge in [-0.3, -0.25) is 28.8 Å². The van der Waals surface area contributed by atoms with Gasteiger partial charge in [-0.25, -0.2) is 0 Å². The molecule has 0 aromatic rings. The number of carboxylic acids is 6. The maximum Gasteiger partial charge on any atom is 0.317 e. The SMILES string of the molecule is CCC(C(=O)O)C(=O)O.CCC(C(=O)O)C(=O)O.CCC(C(=O)O)C(=O)O.OCC(O)CO. The molecule has 0 aromatic heterocycles. The molecule has 0 saturated carbocycles. The van der Waals surface area contributed by atoms with Crippen LogP contribution in [0.1, 0.15) is 40.0 Å². The third-order valence-electron chi connectivity index (χ3n) is 3.43. The standard InChI is InChI=1S/3C5H8O4.C3H8O3/c3*1-2-3(4(6)7)5(8)9;4-1-3(6)2-5/h3*3H,2H2,1H3,(H,6,7)(H,8,9);3-6H,1-2H2. The third kappa shape index (κ3) is 21.7. The Kier molecular flexibility index (Phi) is 24.6. The highest BCUT2D eigenvalue weighted by Gasteiger charge is 2.23. The molecule has 0 aliphatic heterocycles. The summed E-state index contributed by atoms with van der Waals surface area (Å²) < 4.78 is 0. The Hall–Kier alpha value is -3.30. The first-order valence-electron chi connectivity index (χ1n) is 9.35. The van der Waals surface area contributed by atoms with Crippen LogP contribution < -0.4 is 0 Å². The molecule has 0 fully saturated rings. The van der Waals surface area contributed by atoms with E-state index in [4.69, 9.17) is 46.0 Å². The first kappa shape index (κ1) is 37.0. The van der Waals surface area contributed by atoms with E-state index in [1.165, 1.54) is 20.8 Å². The average molecular weight is 488 g/mol. The van der Waals surface area contributed by atoms with Crippen molar-refractivity contribution in [2.24, 2.45) is 17.8 Å². The second kappa shape index (κ2) is 21.9. The number of aliphatic hydroxyl groups excluding tert-OH is 3. The summed E-state index contributed by atoms with van der Waals surface area (Å²) in [6.45, 7) is 3.83. The van der Waals surface area contributed by atoms with Crippen molar-refractivity contribution in [3.8, 4) is 0 Å². The van der Waals surface area contributed by atoms with Crippen LogP contribution in [0.15, 0.2) is 0 Å². The highest BCUT2D eigenvalue weighted by Crippen LogP contribution is 2.02. The minimum Gasteiger partial charge on any atom is -0.481 e. The van der Waals surface area contributed by atoms with Gasteiger partial charge in [-0.2, -0.15) is 0 Å². The first-order valence-corrected chi connectivity index (χ1v) is 9.35. The smallest absolute Gasteiger partial charge is 0.317 e. The molecule has 9 N–H and O–H groups in total. The van der Waals surface area contributed by atoms with Gasteiger partial charge in [0.2, 0.25) is 0 Å². The Morgan fingerprint density at radius 1 is 0.485 bits per heavy atom. The van der Waals surface area contributed by atoms with Gasteiger partial charge >= 0.3 is 35.8 Å². The maximum atomic E-state index is 9.99. The molecule has 15 heteroatoms. The Labute approximate surface area is 188 Å². The highest BCUT2D eigenvalue weighted by atomic mass is 16.4. The fourth-order valence-corrected chi connectivity index (χ4v) is 1.42.